The van der Waals surface area contributed by atoms with Crippen molar-refractivity contribution in [1.82, 2.24) is 0 Å². The van der Waals surface area contributed by atoms with Crippen LogP contribution in [0.5, 0.6) is 11.5 Å². The zero-order chi connectivity index (χ0) is 18.9. The SMILES string of the molecule is C=CCc1ccc(O[Si](CC)(CC)CC)c(O[Si](CC)(CC)CC)c1. The molecule has 1 aromatic carbocycles. The van der Waals surface area contributed by atoms with E-state index in [1.165, 1.54) is 5.56 Å². The molecule has 0 unspecified atom stereocenters. The summed E-state index contributed by atoms with van der Waals surface area (Å²) in [5.74, 6) is 1.95. The Labute approximate surface area is 157 Å². The summed E-state index contributed by atoms with van der Waals surface area (Å²) in [5.41, 5.74) is 1.25. The van der Waals surface area contributed by atoms with Gasteiger partial charge in [-0.25, -0.2) is 0 Å². The number of hydrogen-bond acceptors (Lipinski definition) is 2. The fraction of sp³-hybridized carbons (Fsp3) is 0.619. The third-order valence-electron chi connectivity index (χ3n) is 5.91. The number of rotatable bonds is 12. The molecule has 4 heteroatoms. The van der Waals surface area contributed by atoms with Crippen LogP contribution in [0, 0.1) is 0 Å². The summed E-state index contributed by atoms with van der Waals surface area (Å²) in [6.45, 7) is 17.5. The molecular formula is C21H38O2Si2. The molecule has 2 nitrogen and oxygen atoms in total. The van der Waals surface area contributed by atoms with Gasteiger partial charge in [0.1, 0.15) is 11.5 Å². The molecule has 0 saturated heterocycles. The first-order chi connectivity index (χ1) is 12.0. The maximum atomic E-state index is 6.75. The summed E-state index contributed by atoms with van der Waals surface area (Å²) in [6.07, 6.45) is 2.82. The molecule has 0 atom stereocenters. The first kappa shape index (κ1) is 22.0. The molecular weight excluding hydrogens is 340 g/mol. The monoisotopic (exact) mass is 378 g/mol. The summed E-state index contributed by atoms with van der Waals surface area (Å²) >= 11 is 0. The van der Waals surface area contributed by atoms with E-state index in [2.05, 4.69) is 66.3 Å². The summed E-state index contributed by atoms with van der Waals surface area (Å²) in [4.78, 5) is 0. The van der Waals surface area contributed by atoms with Crippen molar-refractivity contribution in [2.45, 2.75) is 84.2 Å². The highest BCUT2D eigenvalue weighted by Gasteiger charge is 2.34. The van der Waals surface area contributed by atoms with Crippen LogP contribution in [-0.2, 0) is 6.42 Å². The topological polar surface area (TPSA) is 18.5 Å². The molecule has 0 aromatic heterocycles. The van der Waals surface area contributed by atoms with Crippen molar-refractivity contribution in [2.75, 3.05) is 0 Å². The molecule has 0 spiro atoms. The Bertz CT molecular complexity index is 518. The standard InChI is InChI=1S/C21H38O2Si2/c1-8-15-19-16-17-20(22-24(9-2,10-3)11-4)21(18-19)23-25(12-5,13-6)14-7/h8,16-18H,1,9-15H2,2-7H3. The van der Waals surface area contributed by atoms with Crippen molar-refractivity contribution in [3.63, 3.8) is 0 Å². The molecule has 0 radical (unpaired) electrons. The maximum Gasteiger partial charge on any atom is 0.250 e. The molecule has 0 heterocycles. The Morgan fingerprint density at radius 3 is 1.60 bits per heavy atom. The summed E-state index contributed by atoms with van der Waals surface area (Å²) in [5, 5.41) is 0. The molecule has 0 aliphatic carbocycles. The largest absolute Gasteiger partial charge is 0.541 e. The molecule has 0 fully saturated rings. The van der Waals surface area contributed by atoms with Gasteiger partial charge in [-0.3, -0.25) is 0 Å². The van der Waals surface area contributed by atoms with E-state index >= 15 is 0 Å². The molecule has 25 heavy (non-hydrogen) atoms. The lowest BCUT2D eigenvalue weighted by Crippen LogP contribution is -2.41. The maximum absolute atomic E-state index is 6.75. The van der Waals surface area contributed by atoms with Crippen LogP contribution in [0.25, 0.3) is 0 Å². The molecule has 142 valence electrons. The molecule has 0 aliphatic rings. The predicted octanol–water partition coefficient (Wildman–Crippen LogP) is 7.18. The third kappa shape index (κ3) is 5.48. The zero-order valence-electron chi connectivity index (χ0n) is 17.3. The highest BCUT2D eigenvalue weighted by Crippen LogP contribution is 2.37. The lowest BCUT2D eigenvalue weighted by molar-refractivity contribution is 0.468. The van der Waals surface area contributed by atoms with Crippen molar-refractivity contribution in [1.29, 1.82) is 0 Å². The predicted molar refractivity (Wildman–Crippen MR) is 116 cm³/mol. The van der Waals surface area contributed by atoms with Crippen LogP contribution in [0.3, 0.4) is 0 Å². The first-order valence-corrected chi connectivity index (χ1v) is 15.1. The van der Waals surface area contributed by atoms with Crippen LogP contribution in [-0.4, -0.2) is 16.6 Å². The van der Waals surface area contributed by atoms with Gasteiger partial charge in [-0.1, -0.05) is 53.7 Å². The van der Waals surface area contributed by atoms with Crippen LogP contribution in [0.2, 0.25) is 36.3 Å². The van der Waals surface area contributed by atoms with Gasteiger partial charge in [-0.05, 0) is 60.4 Å². The molecule has 0 saturated carbocycles. The van der Waals surface area contributed by atoms with Crippen molar-refractivity contribution in [2.24, 2.45) is 0 Å². The minimum absolute atomic E-state index is 0.869. The quantitative estimate of drug-likeness (QED) is 0.283. The minimum Gasteiger partial charge on any atom is -0.541 e. The Balaban J connectivity index is 3.30. The molecule has 1 aromatic rings. The van der Waals surface area contributed by atoms with Gasteiger partial charge < -0.3 is 8.85 Å². The van der Waals surface area contributed by atoms with Gasteiger partial charge in [0, 0.05) is 0 Å². The second-order valence-electron chi connectivity index (χ2n) is 6.97. The van der Waals surface area contributed by atoms with E-state index in [-0.39, 0.29) is 0 Å². The fourth-order valence-corrected chi connectivity index (χ4v) is 8.54. The van der Waals surface area contributed by atoms with Crippen LogP contribution in [0.15, 0.2) is 30.9 Å². The molecule has 0 aliphatic heterocycles. The molecule has 0 bridgehead atoms. The summed E-state index contributed by atoms with van der Waals surface area (Å²) in [6, 6.07) is 13.4. The summed E-state index contributed by atoms with van der Waals surface area (Å²) in [7, 11) is -3.45. The van der Waals surface area contributed by atoms with E-state index in [0.29, 0.717) is 0 Å². The van der Waals surface area contributed by atoms with E-state index in [1.54, 1.807) is 0 Å². The highest BCUT2D eigenvalue weighted by atomic mass is 28.4. The Kier molecular flexibility index (Phi) is 9.01. The van der Waals surface area contributed by atoms with Gasteiger partial charge in [0.05, 0.1) is 0 Å². The lowest BCUT2D eigenvalue weighted by atomic mass is 10.1. The van der Waals surface area contributed by atoms with E-state index in [1.807, 2.05) is 6.08 Å². The number of benzene rings is 1. The van der Waals surface area contributed by atoms with Gasteiger partial charge in [-0.2, -0.15) is 0 Å². The van der Waals surface area contributed by atoms with Crippen molar-refractivity contribution >= 4 is 16.6 Å². The van der Waals surface area contributed by atoms with Crippen molar-refractivity contribution < 1.29 is 8.85 Å². The fourth-order valence-electron chi connectivity index (χ4n) is 3.41. The molecule has 0 N–H and O–H groups in total. The van der Waals surface area contributed by atoms with Gasteiger partial charge in [0.15, 0.2) is 0 Å². The second-order valence-corrected chi connectivity index (χ2v) is 16.3. The van der Waals surface area contributed by atoms with E-state index < -0.39 is 16.6 Å². The summed E-state index contributed by atoms with van der Waals surface area (Å²) < 4.78 is 13.5. The second kappa shape index (κ2) is 10.2. The van der Waals surface area contributed by atoms with Crippen LogP contribution in [0.4, 0.5) is 0 Å². The Hall–Kier alpha value is -1.01. The number of allylic oxidation sites excluding steroid dienone is 1. The van der Waals surface area contributed by atoms with E-state index in [9.17, 15) is 0 Å². The Morgan fingerprint density at radius 1 is 0.760 bits per heavy atom. The third-order valence-corrected chi connectivity index (χ3v) is 14.9. The number of hydrogen-bond donors (Lipinski definition) is 0. The van der Waals surface area contributed by atoms with Gasteiger partial charge >= 0.3 is 0 Å². The zero-order valence-corrected chi connectivity index (χ0v) is 19.3. The average Bonchev–Trinajstić information content (AvgIpc) is 2.66. The van der Waals surface area contributed by atoms with Crippen LogP contribution >= 0.6 is 0 Å². The van der Waals surface area contributed by atoms with Gasteiger partial charge in [0.2, 0.25) is 0 Å². The highest BCUT2D eigenvalue weighted by molar-refractivity contribution is 6.75. The van der Waals surface area contributed by atoms with E-state index in [4.69, 9.17) is 8.85 Å². The van der Waals surface area contributed by atoms with Crippen LogP contribution < -0.4 is 8.85 Å². The average molecular weight is 379 g/mol. The first-order valence-electron chi connectivity index (χ1n) is 10.1. The lowest BCUT2D eigenvalue weighted by Gasteiger charge is -2.34. The Morgan fingerprint density at radius 2 is 1.20 bits per heavy atom. The van der Waals surface area contributed by atoms with E-state index in [0.717, 1.165) is 54.2 Å². The smallest absolute Gasteiger partial charge is 0.250 e. The van der Waals surface area contributed by atoms with Gasteiger partial charge in [-0.15, -0.1) is 6.58 Å². The van der Waals surface area contributed by atoms with Gasteiger partial charge in [0.25, 0.3) is 16.6 Å². The normalized spacial score (nSPS) is 12.1. The molecule has 1 rings (SSSR count). The van der Waals surface area contributed by atoms with Crippen molar-refractivity contribution in [3.8, 4) is 11.5 Å². The minimum atomic E-state index is -1.73. The van der Waals surface area contributed by atoms with Crippen LogP contribution in [0.1, 0.15) is 47.1 Å². The molecule has 0 amide bonds. The van der Waals surface area contributed by atoms with Crippen molar-refractivity contribution in [3.05, 3.63) is 36.4 Å².